The summed E-state index contributed by atoms with van der Waals surface area (Å²) in [6.45, 7) is 4.27. The summed E-state index contributed by atoms with van der Waals surface area (Å²) in [7, 11) is 0. The van der Waals surface area contributed by atoms with Crippen LogP contribution in [0.5, 0.6) is 0 Å². The van der Waals surface area contributed by atoms with E-state index in [0.717, 1.165) is 55.6 Å². The largest absolute Gasteiger partial charge is 0.384 e. The van der Waals surface area contributed by atoms with Gasteiger partial charge in [-0.05, 0) is 54.8 Å². The Bertz CT molecular complexity index is 1160. The van der Waals surface area contributed by atoms with Crippen molar-refractivity contribution in [3.05, 3.63) is 60.0 Å². The molecule has 0 amide bonds. The normalized spacial score (nSPS) is 18.4. The average Bonchev–Trinajstić information content (AvgIpc) is 3.22. The fourth-order valence-corrected chi connectivity index (χ4v) is 5.00. The molecule has 2 fully saturated rings. The second-order valence-corrected chi connectivity index (χ2v) is 9.03. The first-order valence-corrected chi connectivity index (χ1v) is 11.6. The van der Waals surface area contributed by atoms with E-state index < -0.39 is 5.82 Å². The fourth-order valence-electron chi connectivity index (χ4n) is 5.00. The van der Waals surface area contributed by atoms with Gasteiger partial charge in [-0.15, -0.1) is 0 Å². The number of halogens is 1. The number of ether oxygens (including phenoxy) is 1. The highest BCUT2D eigenvalue weighted by molar-refractivity contribution is 5.70. The van der Waals surface area contributed by atoms with Crippen molar-refractivity contribution in [3.63, 3.8) is 0 Å². The van der Waals surface area contributed by atoms with E-state index in [4.69, 9.17) is 4.74 Å². The van der Waals surface area contributed by atoms with Crippen LogP contribution in [-0.2, 0) is 10.2 Å². The Labute approximate surface area is 192 Å². The molecule has 3 N–H and O–H groups in total. The Hall–Kier alpha value is -3.39. The minimum Gasteiger partial charge on any atom is -0.384 e. The van der Waals surface area contributed by atoms with E-state index in [1.807, 2.05) is 24.3 Å². The van der Waals surface area contributed by atoms with E-state index in [9.17, 15) is 4.39 Å². The molecule has 33 heavy (non-hydrogen) atoms. The smallest absolute Gasteiger partial charge is 0.229 e. The van der Waals surface area contributed by atoms with Gasteiger partial charge in [-0.1, -0.05) is 12.5 Å². The summed E-state index contributed by atoms with van der Waals surface area (Å²) in [4.78, 5) is 10.8. The van der Waals surface area contributed by atoms with Gasteiger partial charge in [0.2, 0.25) is 5.95 Å². The zero-order chi connectivity index (χ0) is 22.3. The van der Waals surface area contributed by atoms with Crippen LogP contribution in [0.25, 0.3) is 0 Å². The van der Waals surface area contributed by atoms with Crippen LogP contribution in [0.1, 0.15) is 24.8 Å². The molecule has 3 aromatic rings. The van der Waals surface area contributed by atoms with Gasteiger partial charge in [0.25, 0.3) is 0 Å². The maximum Gasteiger partial charge on any atom is 0.229 e. The van der Waals surface area contributed by atoms with Gasteiger partial charge in [0.1, 0.15) is 0 Å². The van der Waals surface area contributed by atoms with Gasteiger partial charge in [-0.2, -0.15) is 4.98 Å². The average molecular weight is 447 g/mol. The minimum atomic E-state index is -0.493. The molecule has 170 valence electrons. The van der Waals surface area contributed by atoms with Crippen LogP contribution in [0.4, 0.5) is 38.9 Å². The number of hydrogen-bond donors (Lipinski definition) is 3. The Kier molecular flexibility index (Phi) is 5.02. The third-order valence-electron chi connectivity index (χ3n) is 7.03. The molecule has 1 saturated heterocycles. The number of rotatable bonds is 5. The number of benzene rings is 2. The quantitative estimate of drug-likeness (QED) is 0.520. The number of aromatic nitrogens is 2. The summed E-state index contributed by atoms with van der Waals surface area (Å²) in [6.07, 6.45) is 4.96. The summed E-state index contributed by atoms with van der Waals surface area (Å²) in [5.41, 5.74) is 5.62. The molecule has 1 aliphatic carbocycles. The van der Waals surface area contributed by atoms with E-state index in [2.05, 4.69) is 49.0 Å². The lowest BCUT2D eigenvalue weighted by atomic mass is 9.66. The van der Waals surface area contributed by atoms with Crippen molar-refractivity contribution in [3.8, 4) is 0 Å². The van der Waals surface area contributed by atoms with Crippen LogP contribution in [0, 0.1) is 5.82 Å². The van der Waals surface area contributed by atoms with E-state index in [-0.39, 0.29) is 5.82 Å². The molecule has 8 heteroatoms. The van der Waals surface area contributed by atoms with Crippen LogP contribution >= 0.6 is 0 Å². The third-order valence-corrected chi connectivity index (χ3v) is 7.03. The number of fused-ring (bicyclic) bond motifs is 2. The molecule has 0 atom stereocenters. The highest BCUT2D eigenvalue weighted by atomic mass is 19.1. The van der Waals surface area contributed by atoms with Crippen LogP contribution in [-0.4, -0.2) is 42.8 Å². The van der Waals surface area contributed by atoms with Crippen LogP contribution in [0.15, 0.2) is 48.7 Å². The van der Waals surface area contributed by atoms with E-state index in [1.165, 1.54) is 31.0 Å². The summed E-state index contributed by atoms with van der Waals surface area (Å²) < 4.78 is 19.9. The number of nitrogens with one attached hydrogen (secondary N) is 3. The van der Waals surface area contributed by atoms with Gasteiger partial charge >= 0.3 is 0 Å². The van der Waals surface area contributed by atoms with E-state index >= 15 is 0 Å². The Morgan fingerprint density at radius 2 is 1.79 bits per heavy atom. The highest BCUT2D eigenvalue weighted by Gasteiger charge is 2.43. The zero-order valence-electron chi connectivity index (χ0n) is 18.4. The summed E-state index contributed by atoms with van der Waals surface area (Å²) >= 11 is 0. The SMILES string of the molecule is Fc1cnc(Nc2ccc(N3CCOCC3)cc2)nc1Nc1ccc2c(c1)NCC21CCC1. The zero-order valence-corrected chi connectivity index (χ0v) is 18.4. The topological polar surface area (TPSA) is 74.3 Å². The first-order chi connectivity index (χ1) is 16.2. The van der Waals surface area contributed by atoms with Gasteiger partial charge < -0.3 is 25.6 Å². The van der Waals surface area contributed by atoms with Gasteiger partial charge in [0, 0.05) is 47.8 Å². The molecule has 7 nitrogen and oxygen atoms in total. The van der Waals surface area contributed by atoms with E-state index in [1.54, 1.807) is 0 Å². The maximum atomic E-state index is 14.5. The van der Waals surface area contributed by atoms with Gasteiger partial charge in [-0.25, -0.2) is 9.37 Å². The van der Waals surface area contributed by atoms with Crippen molar-refractivity contribution in [1.29, 1.82) is 0 Å². The van der Waals surface area contributed by atoms with Gasteiger partial charge in [0.15, 0.2) is 11.6 Å². The second kappa shape index (κ2) is 8.19. The molecule has 6 rings (SSSR count). The second-order valence-electron chi connectivity index (χ2n) is 9.03. The molecule has 3 aliphatic rings. The molecule has 1 spiro atoms. The lowest BCUT2D eigenvalue weighted by Gasteiger charge is -2.38. The molecule has 2 aromatic carbocycles. The van der Waals surface area contributed by atoms with Crippen molar-refractivity contribution in [2.75, 3.05) is 53.7 Å². The molecule has 2 aliphatic heterocycles. The van der Waals surface area contributed by atoms with Crippen LogP contribution < -0.4 is 20.9 Å². The van der Waals surface area contributed by atoms with Gasteiger partial charge in [-0.3, -0.25) is 0 Å². The molecular formula is C25H27FN6O. The van der Waals surface area contributed by atoms with Crippen molar-refractivity contribution in [2.24, 2.45) is 0 Å². The number of hydrogen-bond acceptors (Lipinski definition) is 7. The summed E-state index contributed by atoms with van der Waals surface area (Å²) in [5.74, 6) is -0.00777. The van der Waals surface area contributed by atoms with Crippen molar-refractivity contribution in [1.82, 2.24) is 9.97 Å². The van der Waals surface area contributed by atoms with E-state index in [0.29, 0.717) is 11.4 Å². The molecule has 1 aromatic heterocycles. The Morgan fingerprint density at radius 3 is 2.55 bits per heavy atom. The predicted octanol–water partition coefficient (Wildman–Crippen LogP) is 4.79. The molecular weight excluding hydrogens is 419 g/mol. The fraction of sp³-hybridized carbons (Fsp3) is 0.360. The molecule has 0 radical (unpaired) electrons. The highest BCUT2D eigenvalue weighted by Crippen LogP contribution is 2.50. The Morgan fingerprint density at radius 1 is 1.00 bits per heavy atom. The standard InChI is InChI=1S/C25H27FN6O/c26-21-15-27-24(30-17-2-5-19(6-3-17)32-10-12-33-13-11-32)31-23(21)29-18-4-7-20-22(14-18)28-16-25(20)8-1-9-25/h2-7,14-15,28H,1,8-13,16H2,(H2,27,29,30,31). The molecule has 0 bridgehead atoms. The Balaban J connectivity index is 1.16. The number of nitrogens with zero attached hydrogens (tertiary/aromatic N) is 3. The van der Waals surface area contributed by atoms with Crippen molar-refractivity contribution in [2.45, 2.75) is 24.7 Å². The molecule has 3 heterocycles. The minimum absolute atomic E-state index is 0.147. The van der Waals surface area contributed by atoms with Crippen molar-refractivity contribution >= 4 is 34.5 Å². The monoisotopic (exact) mass is 446 g/mol. The van der Waals surface area contributed by atoms with Crippen molar-refractivity contribution < 1.29 is 9.13 Å². The lowest BCUT2D eigenvalue weighted by Crippen LogP contribution is -2.36. The summed E-state index contributed by atoms with van der Waals surface area (Å²) in [5, 5.41) is 9.81. The van der Waals surface area contributed by atoms with Crippen LogP contribution in [0.3, 0.4) is 0 Å². The van der Waals surface area contributed by atoms with Gasteiger partial charge in [0.05, 0.1) is 19.4 Å². The number of anilines is 6. The molecule has 1 saturated carbocycles. The van der Waals surface area contributed by atoms with Crippen LogP contribution in [0.2, 0.25) is 0 Å². The first-order valence-electron chi connectivity index (χ1n) is 11.6. The maximum absolute atomic E-state index is 14.5. The first kappa shape index (κ1) is 20.2. The summed E-state index contributed by atoms with van der Waals surface area (Å²) in [6, 6.07) is 14.3. The lowest BCUT2D eigenvalue weighted by molar-refractivity contribution is 0.122. The molecule has 0 unspecified atom stereocenters. The third kappa shape index (κ3) is 3.84. The number of morpholine rings is 1. The predicted molar refractivity (Wildman–Crippen MR) is 128 cm³/mol.